The van der Waals surface area contributed by atoms with Crippen LogP contribution in [0, 0.1) is 0 Å². The maximum Gasteiger partial charge on any atom is 0.334 e. The first-order chi connectivity index (χ1) is 8.65. The highest BCUT2D eigenvalue weighted by Gasteiger charge is 2.27. The first-order valence-electron chi connectivity index (χ1n) is 5.41. The average molecular weight is 271 g/mol. The van der Waals surface area contributed by atoms with Gasteiger partial charge >= 0.3 is 5.97 Å². The summed E-state index contributed by atoms with van der Waals surface area (Å²) in [5.74, 6) is -1.20. The monoisotopic (exact) mass is 271 g/mol. The van der Waals surface area contributed by atoms with E-state index in [0.29, 0.717) is 18.3 Å². The van der Waals surface area contributed by atoms with Crippen LogP contribution in [0.1, 0.15) is 0 Å². The Balaban J connectivity index is 1.81. The molecule has 18 heavy (non-hydrogen) atoms. The molecular weight excluding hydrogens is 258 g/mol. The summed E-state index contributed by atoms with van der Waals surface area (Å²) >= 11 is 1.34. The summed E-state index contributed by atoms with van der Waals surface area (Å²) in [7, 11) is 0. The molecule has 0 saturated carbocycles. The van der Waals surface area contributed by atoms with Gasteiger partial charge in [-0.25, -0.2) is 9.78 Å². The quantitative estimate of drug-likeness (QED) is 0.792. The van der Waals surface area contributed by atoms with Crippen molar-refractivity contribution in [2.45, 2.75) is 6.10 Å². The predicted octanol–water partition coefficient (Wildman–Crippen LogP) is -0.133. The van der Waals surface area contributed by atoms with Crippen LogP contribution in [0.15, 0.2) is 11.6 Å². The number of anilines is 1. The Morgan fingerprint density at radius 1 is 1.67 bits per heavy atom. The zero-order chi connectivity index (χ0) is 13.0. The number of nitrogens with one attached hydrogen (secondary N) is 1. The molecule has 1 amide bonds. The third kappa shape index (κ3) is 3.49. The summed E-state index contributed by atoms with van der Waals surface area (Å²) in [5.41, 5.74) is 0. The average Bonchev–Trinajstić information content (AvgIpc) is 2.82. The topological polar surface area (TPSA) is 91.8 Å². The number of carbonyl (C=O) groups is 2. The molecule has 2 N–H and O–H groups in total. The van der Waals surface area contributed by atoms with Gasteiger partial charge in [-0.2, -0.15) is 0 Å². The minimum absolute atomic E-state index is 0.146. The first kappa shape index (κ1) is 12.9. The van der Waals surface area contributed by atoms with E-state index >= 15 is 0 Å². The molecule has 1 aliphatic rings. The molecule has 1 saturated heterocycles. The third-order valence-corrected chi connectivity index (χ3v) is 3.16. The van der Waals surface area contributed by atoms with Crippen molar-refractivity contribution < 1.29 is 19.4 Å². The number of ether oxygens (including phenoxy) is 1. The van der Waals surface area contributed by atoms with Crippen LogP contribution in [-0.2, 0) is 14.3 Å². The van der Waals surface area contributed by atoms with Gasteiger partial charge in [-0.3, -0.25) is 9.69 Å². The lowest BCUT2D eigenvalue weighted by molar-refractivity contribution is -0.156. The molecule has 0 radical (unpaired) electrons. The zero-order valence-corrected chi connectivity index (χ0v) is 10.4. The highest BCUT2D eigenvalue weighted by Crippen LogP contribution is 2.11. The zero-order valence-electron chi connectivity index (χ0n) is 9.54. The number of rotatable bonds is 4. The summed E-state index contributed by atoms with van der Waals surface area (Å²) in [6.07, 6.45) is 0.751. The van der Waals surface area contributed by atoms with Crippen LogP contribution in [0.2, 0.25) is 0 Å². The summed E-state index contributed by atoms with van der Waals surface area (Å²) in [5, 5.41) is 13.8. The molecule has 2 heterocycles. The number of carbonyl (C=O) groups excluding carboxylic acids is 1. The molecule has 1 aliphatic heterocycles. The van der Waals surface area contributed by atoms with Gasteiger partial charge in [0.2, 0.25) is 5.91 Å². The molecule has 0 bridgehead atoms. The summed E-state index contributed by atoms with van der Waals surface area (Å²) in [4.78, 5) is 28.2. The number of aliphatic carboxylic acids is 1. The molecule has 1 aromatic rings. The van der Waals surface area contributed by atoms with Gasteiger partial charge in [0.1, 0.15) is 0 Å². The number of amides is 1. The van der Waals surface area contributed by atoms with Crippen molar-refractivity contribution in [3.63, 3.8) is 0 Å². The second kappa shape index (κ2) is 5.89. The number of hydrogen-bond donors (Lipinski definition) is 2. The minimum Gasteiger partial charge on any atom is -0.479 e. The molecule has 1 aromatic heterocycles. The van der Waals surface area contributed by atoms with E-state index in [0.717, 1.165) is 0 Å². The minimum atomic E-state index is -1.000. The summed E-state index contributed by atoms with van der Waals surface area (Å²) in [6.45, 7) is 1.24. The maximum absolute atomic E-state index is 11.7. The van der Waals surface area contributed by atoms with Crippen LogP contribution in [0.4, 0.5) is 5.13 Å². The molecule has 0 aromatic carbocycles. The van der Waals surface area contributed by atoms with E-state index < -0.39 is 12.1 Å². The van der Waals surface area contributed by atoms with Crippen LogP contribution < -0.4 is 5.32 Å². The molecule has 2 rings (SSSR count). The van der Waals surface area contributed by atoms with Crippen molar-refractivity contribution in [2.24, 2.45) is 0 Å². The predicted molar refractivity (Wildman–Crippen MR) is 64.6 cm³/mol. The Morgan fingerprint density at radius 3 is 3.17 bits per heavy atom. The van der Waals surface area contributed by atoms with Crippen molar-refractivity contribution in [2.75, 3.05) is 31.6 Å². The highest BCUT2D eigenvalue weighted by atomic mass is 32.1. The van der Waals surface area contributed by atoms with Gasteiger partial charge in [0.25, 0.3) is 0 Å². The lowest BCUT2D eigenvalue weighted by atomic mass is 10.2. The van der Waals surface area contributed by atoms with E-state index in [4.69, 9.17) is 9.84 Å². The number of morpholine rings is 1. The van der Waals surface area contributed by atoms with Gasteiger partial charge in [0.15, 0.2) is 11.2 Å². The largest absolute Gasteiger partial charge is 0.479 e. The van der Waals surface area contributed by atoms with Gasteiger partial charge in [0.05, 0.1) is 13.2 Å². The van der Waals surface area contributed by atoms with Gasteiger partial charge in [0, 0.05) is 24.7 Å². The lowest BCUT2D eigenvalue weighted by Crippen LogP contribution is -2.48. The summed E-state index contributed by atoms with van der Waals surface area (Å²) < 4.78 is 5.07. The van der Waals surface area contributed by atoms with Crippen molar-refractivity contribution in [1.82, 2.24) is 9.88 Å². The normalized spacial score (nSPS) is 20.6. The molecule has 1 atom stereocenters. The fourth-order valence-electron chi connectivity index (χ4n) is 1.64. The number of nitrogens with zero attached hydrogens (tertiary/aromatic N) is 2. The van der Waals surface area contributed by atoms with E-state index in [-0.39, 0.29) is 19.0 Å². The SMILES string of the molecule is O=C(CN1CCOC(C(=O)O)C1)Nc1nccs1. The van der Waals surface area contributed by atoms with E-state index in [1.54, 1.807) is 16.5 Å². The molecule has 0 spiro atoms. The van der Waals surface area contributed by atoms with Crippen LogP contribution >= 0.6 is 11.3 Å². The third-order valence-electron chi connectivity index (χ3n) is 2.47. The van der Waals surface area contributed by atoms with Gasteiger partial charge in [-0.15, -0.1) is 11.3 Å². The Hall–Kier alpha value is -1.51. The Labute approximate surface area is 107 Å². The number of thiazole rings is 1. The molecule has 8 heteroatoms. The van der Waals surface area contributed by atoms with Crippen molar-refractivity contribution in [3.05, 3.63) is 11.6 Å². The highest BCUT2D eigenvalue weighted by molar-refractivity contribution is 7.13. The van der Waals surface area contributed by atoms with Crippen LogP contribution in [0.5, 0.6) is 0 Å². The fraction of sp³-hybridized carbons (Fsp3) is 0.500. The van der Waals surface area contributed by atoms with E-state index in [1.165, 1.54) is 11.3 Å². The van der Waals surface area contributed by atoms with Crippen LogP contribution in [0.25, 0.3) is 0 Å². The maximum atomic E-state index is 11.7. The Bertz CT molecular complexity index is 423. The number of carboxylic acid groups (broad SMARTS) is 1. The molecule has 1 fully saturated rings. The molecule has 0 aliphatic carbocycles. The Morgan fingerprint density at radius 2 is 2.50 bits per heavy atom. The number of aromatic nitrogens is 1. The fourth-order valence-corrected chi connectivity index (χ4v) is 2.19. The van der Waals surface area contributed by atoms with Gasteiger partial charge in [-0.05, 0) is 0 Å². The molecule has 1 unspecified atom stereocenters. The second-order valence-electron chi connectivity index (χ2n) is 3.82. The molecule has 7 nitrogen and oxygen atoms in total. The van der Waals surface area contributed by atoms with E-state index in [9.17, 15) is 9.59 Å². The first-order valence-corrected chi connectivity index (χ1v) is 6.29. The van der Waals surface area contributed by atoms with Crippen LogP contribution in [-0.4, -0.2) is 59.2 Å². The van der Waals surface area contributed by atoms with Crippen LogP contribution in [0.3, 0.4) is 0 Å². The van der Waals surface area contributed by atoms with Crippen molar-refractivity contribution in [3.8, 4) is 0 Å². The van der Waals surface area contributed by atoms with Gasteiger partial charge in [-0.1, -0.05) is 0 Å². The van der Waals surface area contributed by atoms with Crippen molar-refractivity contribution >= 4 is 28.3 Å². The standard InChI is InChI=1S/C10H13N3O4S/c14-8(12-10-11-1-4-18-10)6-13-2-3-17-7(5-13)9(15)16/h1,4,7H,2-3,5-6H2,(H,15,16)(H,11,12,14). The number of carboxylic acids is 1. The lowest BCUT2D eigenvalue weighted by Gasteiger charge is -2.29. The van der Waals surface area contributed by atoms with Gasteiger partial charge < -0.3 is 15.2 Å². The van der Waals surface area contributed by atoms with E-state index in [2.05, 4.69) is 10.3 Å². The molecular formula is C10H13N3O4S. The molecule has 98 valence electrons. The smallest absolute Gasteiger partial charge is 0.334 e. The summed E-state index contributed by atoms with van der Waals surface area (Å²) in [6, 6.07) is 0. The van der Waals surface area contributed by atoms with E-state index in [1.807, 2.05) is 0 Å². The Kier molecular flexibility index (Phi) is 4.24. The van der Waals surface area contributed by atoms with Crippen molar-refractivity contribution in [1.29, 1.82) is 0 Å². The number of hydrogen-bond acceptors (Lipinski definition) is 6. The second-order valence-corrected chi connectivity index (χ2v) is 4.71.